The van der Waals surface area contributed by atoms with Crippen molar-refractivity contribution < 1.29 is 14.3 Å². The summed E-state index contributed by atoms with van der Waals surface area (Å²) in [6.07, 6.45) is 0.283. The summed E-state index contributed by atoms with van der Waals surface area (Å²) < 4.78 is 5.45. The second-order valence-corrected chi connectivity index (χ2v) is 7.60. The molecule has 2 aromatic carbocycles. The van der Waals surface area contributed by atoms with Gasteiger partial charge < -0.3 is 4.74 Å². The first-order valence-electron chi connectivity index (χ1n) is 8.48. The van der Waals surface area contributed by atoms with Crippen LogP contribution in [-0.4, -0.2) is 17.9 Å². The van der Waals surface area contributed by atoms with E-state index in [0.717, 1.165) is 5.56 Å². The molecule has 0 heterocycles. The van der Waals surface area contributed by atoms with Crippen LogP contribution >= 0.6 is 23.2 Å². The molecular weight excluding hydrogens is 371 g/mol. The van der Waals surface area contributed by atoms with E-state index in [2.05, 4.69) is 0 Å². The van der Waals surface area contributed by atoms with Crippen molar-refractivity contribution >= 4 is 35.0 Å². The van der Waals surface area contributed by atoms with Crippen molar-refractivity contribution in [1.82, 2.24) is 0 Å². The topological polar surface area (TPSA) is 43.4 Å². The Morgan fingerprint density at radius 2 is 1.69 bits per heavy atom. The number of Topliss-reactive ketones (excluding diaryl/α,β-unsaturated/α-hetero) is 1. The summed E-state index contributed by atoms with van der Waals surface area (Å²) in [5, 5.41) is 1.11. The van der Waals surface area contributed by atoms with E-state index < -0.39 is 5.41 Å². The first-order chi connectivity index (χ1) is 12.2. The third-order valence-electron chi connectivity index (χ3n) is 4.27. The Bertz CT molecular complexity index is 784. The van der Waals surface area contributed by atoms with Crippen LogP contribution in [0, 0.1) is 0 Å². The van der Waals surface area contributed by atoms with Gasteiger partial charge in [-0.2, -0.15) is 0 Å². The summed E-state index contributed by atoms with van der Waals surface area (Å²) in [5.74, 6) is -0.411. The zero-order valence-electron chi connectivity index (χ0n) is 15.1. The zero-order chi connectivity index (χ0) is 19.3. The molecule has 0 aliphatic heterocycles. The highest BCUT2D eigenvalue weighted by Gasteiger charge is 2.37. The number of esters is 1. The van der Waals surface area contributed by atoms with Crippen LogP contribution in [0.3, 0.4) is 0 Å². The Kier molecular flexibility index (Phi) is 6.85. The number of benzene rings is 2. The number of hydrogen-bond acceptors (Lipinski definition) is 3. The molecular formula is C21H22Cl2O3. The molecule has 26 heavy (non-hydrogen) atoms. The summed E-state index contributed by atoms with van der Waals surface area (Å²) in [6.45, 7) is 5.39. The van der Waals surface area contributed by atoms with Gasteiger partial charge in [-0.15, -0.1) is 0 Å². The van der Waals surface area contributed by atoms with Gasteiger partial charge in [0.2, 0.25) is 0 Å². The predicted octanol–water partition coefficient (Wildman–Crippen LogP) is 5.87. The molecule has 0 bridgehead atoms. The Morgan fingerprint density at radius 1 is 1.04 bits per heavy atom. The van der Waals surface area contributed by atoms with Crippen molar-refractivity contribution in [3.8, 4) is 0 Å². The number of rotatable bonds is 7. The van der Waals surface area contributed by atoms with Crippen LogP contribution < -0.4 is 0 Å². The Hall–Kier alpha value is -1.84. The average Bonchev–Trinajstić information content (AvgIpc) is 2.59. The molecule has 2 aromatic rings. The van der Waals surface area contributed by atoms with Crippen molar-refractivity contribution in [2.75, 3.05) is 0 Å². The van der Waals surface area contributed by atoms with E-state index in [4.69, 9.17) is 27.9 Å². The fourth-order valence-electron chi connectivity index (χ4n) is 2.68. The van der Waals surface area contributed by atoms with Crippen molar-refractivity contribution in [2.45, 2.75) is 45.1 Å². The maximum absolute atomic E-state index is 12.8. The molecule has 0 N–H and O–H groups in total. The smallest absolute Gasteiger partial charge is 0.316 e. The van der Waals surface area contributed by atoms with Crippen LogP contribution in [0.1, 0.15) is 49.5 Å². The summed E-state index contributed by atoms with van der Waals surface area (Å²) in [5.41, 5.74) is 0.344. The average molecular weight is 393 g/mol. The van der Waals surface area contributed by atoms with Crippen LogP contribution in [0.5, 0.6) is 0 Å². The second kappa shape index (κ2) is 8.70. The van der Waals surface area contributed by atoms with Gasteiger partial charge in [-0.3, -0.25) is 9.59 Å². The van der Waals surface area contributed by atoms with Crippen LogP contribution in [-0.2, 0) is 14.9 Å². The summed E-state index contributed by atoms with van der Waals surface area (Å²) in [4.78, 5) is 25.3. The van der Waals surface area contributed by atoms with Crippen molar-refractivity contribution in [1.29, 1.82) is 0 Å². The van der Waals surface area contributed by atoms with E-state index in [1.54, 1.807) is 63.2 Å². The monoisotopic (exact) mass is 392 g/mol. The molecule has 0 fully saturated rings. The second-order valence-electron chi connectivity index (χ2n) is 6.73. The third kappa shape index (κ3) is 5.09. The van der Waals surface area contributed by atoms with Gasteiger partial charge in [0.25, 0.3) is 0 Å². The van der Waals surface area contributed by atoms with E-state index >= 15 is 0 Å². The van der Waals surface area contributed by atoms with Crippen LogP contribution in [0.4, 0.5) is 0 Å². The summed E-state index contributed by atoms with van der Waals surface area (Å²) in [6, 6.07) is 13.9. The number of hydrogen-bond donors (Lipinski definition) is 0. The lowest BCUT2D eigenvalue weighted by Crippen LogP contribution is -2.36. The van der Waals surface area contributed by atoms with Crippen LogP contribution in [0.15, 0.2) is 48.5 Å². The fourth-order valence-corrected chi connectivity index (χ4v) is 3.00. The summed E-state index contributed by atoms with van der Waals surface area (Å²) >= 11 is 12.0. The molecule has 0 amide bonds. The molecule has 1 unspecified atom stereocenters. The minimum Gasteiger partial charge on any atom is -0.462 e. The first kappa shape index (κ1) is 20.5. The normalized spacial score (nSPS) is 13.3. The SMILES string of the molecule is CC(C)OC(=O)C(C)(CCC(=O)c1ccc(Cl)cc1)c1cccc(Cl)c1. The molecule has 3 nitrogen and oxygen atoms in total. The predicted molar refractivity (Wildman–Crippen MR) is 105 cm³/mol. The highest BCUT2D eigenvalue weighted by atomic mass is 35.5. The molecule has 0 radical (unpaired) electrons. The Balaban J connectivity index is 2.25. The van der Waals surface area contributed by atoms with Gasteiger partial charge in [0.1, 0.15) is 0 Å². The molecule has 0 saturated carbocycles. The lowest BCUT2D eigenvalue weighted by atomic mass is 9.77. The molecule has 0 aliphatic rings. The van der Waals surface area contributed by atoms with Gasteiger partial charge in [0.05, 0.1) is 11.5 Å². The van der Waals surface area contributed by atoms with E-state index in [1.165, 1.54) is 0 Å². The third-order valence-corrected chi connectivity index (χ3v) is 4.76. The van der Waals surface area contributed by atoms with Crippen LogP contribution in [0.25, 0.3) is 0 Å². The highest BCUT2D eigenvalue weighted by Crippen LogP contribution is 2.33. The van der Waals surface area contributed by atoms with Gasteiger partial charge in [-0.05, 0) is 69.2 Å². The summed E-state index contributed by atoms with van der Waals surface area (Å²) in [7, 11) is 0. The quantitative estimate of drug-likeness (QED) is 0.437. The van der Waals surface area contributed by atoms with Gasteiger partial charge in [-0.25, -0.2) is 0 Å². The number of carbonyl (C=O) groups is 2. The van der Waals surface area contributed by atoms with Gasteiger partial charge in [0.15, 0.2) is 5.78 Å². The Morgan fingerprint density at radius 3 is 2.27 bits per heavy atom. The minimum absolute atomic E-state index is 0.0488. The van der Waals surface area contributed by atoms with Crippen molar-refractivity contribution in [2.24, 2.45) is 0 Å². The lowest BCUT2D eigenvalue weighted by Gasteiger charge is -2.29. The highest BCUT2D eigenvalue weighted by molar-refractivity contribution is 6.31. The fraction of sp³-hybridized carbons (Fsp3) is 0.333. The van der Waals surface area contributed by atoms with Crippen molar-refractivity contribution in [3.63, 3.8) is 0 Å². The number of carbonyl (C=O) groups excluding carboxylic acids is 2. The molecule has 1 atom stereocenters. The van der Waals surface area contributed by atoms with E-state index in [0.29, 0.717) is 22.0 Å². The molecule has 0 aromatic heterocycles. The van der Waals surface area contributed by atoms with Gasteiger partial charge in [0, 0.05) is 22.0 Å². The van der Waals surface area contributed by atoms with Crippen LogP contribution in [0.2, 0.25) is 10.0 Å². The zero-order valence-corrected chi connectivity index (χ0v) is 16.6. The number of ketones is 1. The largest absolute Gasteiger partial charge is 0.462 e. The van der Waals surface area contributed by atoms with E-state index in [-0.39, 0.29) is 24.3 Å². The first-order valence-corrected chi connectivity index (χ1v) is 9.24. The molecule has 0 spiro atoms. The standard InChI is InChI=1S/C21H22Cl2O3/c1-14(2)26-20(25)21(3,16-5-4-6-18(23)13-16)12-11-19(24)15-7-9-17(22)10-8-15/h4-10,13-14H,11-12H2,1-3H3. The molecule has 5 heteroatoms. The van der Waals surface area contributed by atoms with Crippen molar-refractivity contribution in [3.05, 3.63) is 69.7 Å². The molecule has 2 rings (SSSR count). The lowest BCUT2D eigenvalue weighted by molar-refractivity contribution is -0.154. The maximum Gasteiger partial charge on any atom is 0.316 e. The van der Waals surface area contributed by atoms with E-state index in [9.17, 15) is 9.59 Å². The minimum atomic E-state index is -0.961. The molecule has 0 aliphatic carbocycles. The Labute approximate surface area is 164 Å². The van der Waals surface area contributed by atoms with Gasteiger partial charge in [-0.1, -0.05) is 35.3 Å². The molecule has 0 saturated heterocycles. The van der Waals surface area contributed by atoms with Gasteiger partial charge >= 0.3 is 5.97 Å². The number of ether oxygens (including phenoxy) is 1. The number of halogens is 2. The maximum atomic E-state index is 12.8. The molecule has 138 valence electrons. The van der Waals surface area contributed by atoms with E-state index in [1.807, 2.05) is 6.07 Å².